The van der Waals surface area contributed by atoms with E-state index in [-0.39, 0.29) is 18.5 Å². The zero-order valence-corrected chi connectivity index (χ0v) is 13.9. The standard InChI is InChI=1S/C17H25N5O2/c23-16-12-20-17(24)22(16)11-10-21(13-14-4-1-2-8-19-14)15-5-3-7-18-9-6-15/h1-2,4,8,15,18H,3,5-7,9-13H2,(H,20,24)/t15-/m1/s1. The third-order valence-electron chi connectivity index (χ3n) is 4.70. The quantitative estimate of drug-likeness (QED) is 0.746. The predicted molar refractivity (Wildman–Crippen MR) is 90.3 cm³/mol. The second kappa shape index (κ2) is 8.21. The van der Waals surface area contributed by atoms with E-state index in [1.54, 1.807) is 6.20 Å². The normalized spacial score (nSPS) is 21.9. The van der Waals surface area contributed by atoms with Gasteiger partial charge in [-0.25, -0.2) is 4.79 Å². The predicted octanol–water partition coefficient (Wildman–Crippen LogP) is 0.577. The summed E-state index contributed by atoms with van der Waals surface area (Å²) in [6, 6.07) is 6.10. The smallest absolute Gasteiger partial charge is 0.324 e. The molecule has 7 heteroatoms. The van der Waals surface area contributed by atoms with Gasteiger partial charge < -0.3 is 10.6 Å². The third kappa shape index (κ3) is 4.30. The fraction of sp³-hybridized carbons (Fsp3) is 0.588. The number of nitrogens with one attached hydrogen (secondary N) is 2. The largest absolute Gasteiger partial charge is 0.329 e. The van der Waals surface area contributed by atoms with Crippen molar-refractivity contribution in [3.63, 3.8) is 0 Å². The first-order valence-electron chi connectivity index (χ1n) is 8.67. The Morgan fingerprint density at radius 3 is 2.92 bits per heavy atom. The van der Waals surface area contributed by atoms with Crippen molar-refractivity contribution in [1.29, 1.82) is 0 Å². The number of urea groups is 1. The van der Waals surface area contributed by atoms with Crippen LogP contribution in [0, 0.1) is 0 Å². The van der Waals surface area contributed by atoms with Crippen LogP contribution in [-0.2, 0) is 11.3 Å². The fourth-order valence-electron chi connectivity index (χ4n) is 3.37. The maximum absolute atomic E-state index is 11.8. The molecule has 1 aromatic rings. The van der Waals surface area contributed by atoms with E-state index in [9.17, 15) is 9.59 Å². The Balaban J connectivity index is 1.66. The molecule has 1 aromatic heterocycles. The van der Waals surface area contributed by atoms with Crippen LogP contribution in [0.15, 0.2) is 24.4 Å². The highest BCUT2D eigenvalue weighted by molar-refractivity contribution is 6.01. The molecule has 0 bridgehead atoms. The van der Waals surface area contributed by atoms with Gasteiger partial charge in [-0.2, -0.15) is 0 Å². The number of imide groups is 1. The SMILES string of the molecule is O=C1CNC(=O)N1CCN(Cc1ccccn1)[C@@H]1CCCNCC1. The van der Waals surface area contributed by atoms with E-state index >= 15 is 0 Å². The van der Waals surface area contributed by atoms with E-state index in [4.69, 9.17) is 0 Å². The number of carbonyl (C=O) groups is 2. The molecule has 3 amide bonds. The first-order valence-corrected chi connectivity index (χ1v) is 8.67. The molecule has 0 saturated carbocycles. The lowest BCUT2D eigenvalue weighted by molar-refractivity contribution is -0.125. The Morgan fingerprint density at radius 2 is 2.17 bits per heavy atom. The Morgan fingerprint density at radius 1 is 1.25 bits per heavy atom. The Bertz CT molecular complexity index is 541. The minimum atomic E-state index is -0.277. The minimum Gasteiger partial charge on any atom is -0.329 e. The highest BCUT2D eigenvalue weighted by atomic mass is 16.2. The summed E-state index contributed by atoms with van der Waals surface area (Å²) in [6.07, 6.45) is 5.15. The molecule has 7 nitrogen and oxygen atoms in total. The van der Waals surface area contributed by atoms with Crippen molar-refractivity contribution >= 4 is 11.9 Å². The monoisotopic (exact) mass is 331 g/mol. The summed E-state index contributed by atoms with van der Waals surface area (Å²) in [5, 5.41) is 6.02. The molecule has 0 spiro atoms. The molecule has 0 aromatic carbocycles. The molecular weight excluding hydrogens is 306 g/mol. The minimum absolute atomic E-state index is 0.117. The zero-order valence-electron chi connectivity index (χ0n) is 13.9. The first kappa shape index (κ1) is 16.9. The number of pyridine rings is 1. The Labute approximate surface area is 142 Å². The highest BCUT2D eigenvalue weighted by Crippen LogP contribution is 2.16. The fourth-order valence-corrected chi connectivity index (χ4v) is 3.37. The van der Waals surface area contributed by atoms with Gasteiger partial charge in [0.05, 0.1) is 12.2 Å². The molecule has 1 atom stereocenters. The van der Waals surface area contributed by atoms with Crippen LogP contribution in [0.4, 0.5) is 4.79 Å². The van der Waals surface area contributed by atoms with Crippen LogP contribution in [0.5, 0.6) is 0 Å². The van der Waals surface area contributed by atoms with Crippen LogP contribution in [0.25, 0.3) is 0 Å². The highest BCUT2D eigenvalue weighted by Gasteiger charge is 2.29. The Kier molecular flexibility index (Phi) is 5.77. The molecule has 130 valence electrons. The number of nitrogens with zero attached hydrogens (tertiary/aromatic N) is 3. The lowest BCUT2D eigenvalue weighted by atomic mass is 10.1. The average molecular weight is 331 g/mol. The molecule has 2 N–H and O–H groups in total. The van der Waals surface area contributed by atoms with Crippen LogP contribution in [-0.4, -0.2) is 65.5 Å². The van der Waals surface area contributed by atoms with Crippen LogP contribution in [0.3, 0.4) is 0 Å². The van der Waals surface area contributed by atoms with Gasteiger partial charge in [0.2, 0.25) is 5.91 Å². The number of aromatic nitrogens is 1. The molecule has 3 rings (SSSR count). The van der Waals surface area contributed by atoms with E-state index in [2.05, 4.69) is 20.5 Å². The molecule has 0 radical (unpaired) electrons. The number of carbonyl (C=O) groups excluding carboxylic acids is 2. The van der Waals surface area contributed by atoms with Gasteiger partial charge in [-0.15, -0.1) is 0 Å². The van der Waals surface area contributed by atoms with Crippen LogP contribution < -0.4 is 10.6 Å². The van der Waals surface area contributed by atoms with E-state index < -0.39 is 0 Å². The van der Waals surface area contributed by atoms with Crippen molar-refractivity contribution in [2.75, 3.05) is 32.7 Å². The topological polar surface area (TPSA) is 77.6 Å². The molecule has 0 aliphatic carbocycles. The van der Waals surface area contributed by atoms with Crippen molar-refractivity contribution in [3.8, 4) is 0 Å². The van der Waals surface area contributed by atoms with Gasteiger partial charge in [0.1, 0.15) is 0 Å². The maximum atomic E-state index is 11.8. The van der Waals surface area contributed by atoms with Crippen LogP contribution >= 0.6 is 0 Å². The molecule has 0 unspecified atom stereocenters. The van der Waals surface area contributed by atoms with Crippen LogP contribution in [0.2, 0.25) is 0 Å². The molecular formula is C17H25N5O2. The zero-order chi connectivity index (χ0) is 16.8. The van der Waals surface area contributed by atoms with E-state index in [1.165, 1.54) is 4.90 Å². The number of hydrogen-bond acceptors (Lipinski definition) is 5. The lowest BCUT2D eigenvalue weighted by Gasteiger charge is -2.31. The average Bonchev–Trinajstić information content (AvgIpc) is 2.81. The first-order chi connectivity index (χ1) is 11.7. The van der Waals surface area contributed by atoms with Gasteiger partial charge >= 0.3 is 6.03 Å². The van der Waals surface area contributed by atoms with Crippen molar-refractivity contribution in [3.05, 3.63) is 30.1 Å². The van der Waals surface area contributed by atoms with Crippen molar-refractivity contribution in [1.82, 2.24) is 25.4 Å². The summed E-state index contributed by atoms with van der Waals surface area (Å²) in [7, 11) is 0. The maximum Gasteiger partial charge on any atom is 0.324 e. The summed E-state index contributed by atoms with van der Waals surface area (Å²) in [4.78, 5) is 31.6. The van der Waals surface area contributed by atoms with Gasteiger partial charge in [-0.3, -0.25) is 19.6 Å². The van der Waals surface area contributed by atoms with Gasteiger partial charge in [-0.05, 0) is 44.5 Å². The number of amides is 3. The molecule has 2 fully saturated rings. The second-order valence-electron chi connectivity index (χ2n) is 6.33. The van der Waals surface area contributed by atoms with Crippen molar-refractivity contribution < 1.29 is 9.59 Å². The number of rotatable bonds is 6. The summed E-state index contributed by atoms with van der Waals surface area (Å²) in [5.74, 6) is -0.139. The summed E-state index contributed by atoms with van der Waals surface area (Å²) in [6.45, 7) is 4.04. The van der Waals surface area contributed by atoms with Crippen molar-refractivity contribution in [2.45, 2.75) is 31.8 Å². The molecule has 2 aliphatic heterocycles. The van der Waals surface area contributed by atoms with Crippen LogP contribution in [0.1, 0.15) is 25.0 Å². The van der Waals surface area contributed by atoms with Crippen molar-refractivity contribution in [2.24, 2.45) is 0 Å². The summed E-state index contributed by atoms with van der Waals surface area (Å²) >= 11 is 0. The van der Waals surface area contributed by atoms with E-state index in [1.807, 2.05) is 18.2 Å². The second-order valence-corrected chi connectivity index (χ2v) is 6.33. The molecule has 3 heterocycles. The van der Waals surface area contributed by atoms with Gasteiger partial charge in [0.25, 0.3) is 0 Å². The van der Waals surface area contributed by atoms with Gasteiger partial charge in [0, 0.05) is 31.9 Å². The number of hydrogen-bond donors (Lipinski definition) is 2. The summed E-state index contributed by atoms with van der Waals surface area (Å²) in [5.41, 5.74) is 1.02. The Hall–Kier alpha value is -1.99. The van der Waals surface area contributed by atoms with E-state index in [0.29, 0.717) is 19.1 Å². The molecule has 24 heavy (non-hydrogen) atoms. The van der Waals surface area contributed by atoms with Gasteiger partial charge in [0.15, 0.2) is 0 Å². The lowest BCUT2D eigenvalue weighted by Crippen LogP contribution is -2.43. The van der Waals surface area contributed by atoms with E-state index in [0.717, 1.165) is 44.6 Å². The third-order valence-corrected chi connectivity index (χ3v) is 4.70. The van der Waals surface area contributed by atoms with Gasteiger partial charge in [-0.1, -0.05) is 6.07 Å². The summed E-state index contributed by atoms with van der Waals surface area (Å²) < 4.78 is 0. The molecule has 2 saturated heterocycles. The molecule has 2 aliphatic rings.